The van der Waals surface area contributed by atoms with Crippen molar-refractivity contribution in [3.63, 3.8) is 0 Å². The molecule has 2 aromatic carbocycles. The maximum absolute atomic E-state index is 12.2. The van der Waals surface area contributed by atoms with Crippen molar-refractivity contribution in [3.8, 4) is 17.1 Å². The number of nitrogens with zero attached hydrogens (tertiary/aromatic N) is 4. The molecule has 0 unspecified atom stereocenters. The zero-order valence-electron chi connectivity index (χ0n) is 17.8. The number of benzene rings is 2. The van der Waals surface area contributed by atoms with E-state index in [0.29, 0.717) is 39.0 Å². The van der Waals surface area contributed by atoms with Crippen LogP contribution in [-0.4, -0.2) is 32.2 Å². The number of hydrogen-bond acceptors (Lipinski definition) is 6. The molecule has 4 aromatic rings. The molecule has 0 spiro atoms. The first-order chi connectivity index (χ1) is 16.1. The number of nitrogens with one attached hydrogen (secondary N) is 1. The van der Waals surface area contributed by atoms with Gasteiger partial charge in [-0.05, 0) is 30.7 Å². The Morgan fingerprint density at radius 1 is 1.09 bits per heavy atom. The normalized spacial score (nSPS) is 11.0. The number of amides is 1. The first-order valence-electron chi connectivity index (χ1n) is 10.4. The number of rotatable bonds is 9. The summed E-state index contributed by atoms with van der Waals surface area (Å²) in [5, 5.41) is 16.1. The number of hydrogen-bond donors (Lipinski definition) is 1. The van der Waals surface area contributed by atoms with Gasteiger partial charge in [0.05, 0.1) is 21.5 Å². The Hall–Kier alpha value is -2.39. The van der Waals surface area contributed by atoms with Gasteiger partial charge in [0.25, 0.3) is 5.91 Å². The van der Waals surface area contributed by atoms with E-state index in [2.05, 4.69) is 27.4 Å². The Bertz CT molecular complexity index is 1260. The van der Waals surface area contributed by atoms with Gasteiger partial charge in [-0.15, -0.1) is 21.5 Å². The van der Waals surface area contributed by atoms with E-state index in [1.807, 2.05) is 53.1 Å². The Morgan fingerprint density at radius 2 is 1.85 bits per heavy atom. The molecule has 0 saturated heterocycles. The molecule has 33 heavy (non-hydrogen) atoms. The number of carbonyl (C=O) groups is 1. The molecule has 0 aliphatic rings. The Morgan fingerprint density at radius 3 is 2.61 bits per heavy atom. The van der Waals surface area contributed by atoms with Crippen LogP contribution in [0.25, 0.3) is 17.1 Å². The Kier molecular flexibility index (Phi) is 8.03. The number of aromatic nitrogens is 4. The van der Waals surface area contributed by atoms with Crippen molar-refractivity contribution in [3.05, 3.63) is 74.7 Å². The highest BCUT2D eigenvalue weighted by atomic mass is 35.5. The van der Waals surface area contributed by atoms with E-state index in [1.165, 1.54) is 23.1 Å². The minimum atomic E-state index is -0.142. The van der Waals surface area contributed by atoms with Gasteiger partial charge in [-0.2, -0.15) is 0 Å². The average molecular weight is 518 g/mol. The third-order valence-corrected chi connectivity index (χ3v) is 7.39. The summed E-state index contributed by atoms with van der Waals surface area (Å²) in [6, 6.07) is 15.0. The summed E-state index contributed by atoms with van der Waals surface area (Å²) in [6.45, 7) is 2.74. The zero-order valence-corrected chi connectivity index (χ0v) is 20.9. The number of thioether (sulfide) groups is 1. The molecule has 10 heteroatoms. The molecule has 2 aromatic heterocycles. The molecule has 1 amide bonds. The molecule has 2 heterocycles. The second-order valence-corrected chi connectivity index (χ2v) is 9.80. The van der Waals surface area contributed by atoms with E-state index in [0.717, 1.165) is 29.1 Å². The van der Waals surface area contributed by atoms with E-state index < -0.39 is 0 Å². The van der Waals surface area contributed by atoms with E-state index in [9.17, 15) is 4.79 Å². The highest BCUT2D eigenvalue weighted by Gasteiger charge is 2.20. The van der Waals surface area contributed by atoms with Crippen LogP contribution in [0.5, 0.6) is 0 Å². The lowest BCUT2D eigenvalue weighted by Gasteiger charge is -2.12. The van der Waals surface area contributed by atoms with Crippen molar-refractivity contribution in [2.75, 3.05) is 6.54 Å². The molecule has 0 aliphatic carbocycles. The van der Waals surface area contributed by atoms with Gasteiger partial charge in [-0.25, -0.2) is 4.98 Å². The molecule has 1 N–H and O–H groups in total. The molecule has 0 radical (unpaired) electrons. The van der Waals surface area contributed by atoms with Crippen LogP contribution in [0, 0.1) is 0 Å². The topological polar surface area (TPSA) is 72.7 Å². The van der Waals surface area contributed by atoms with Crippen LogP contribution in [0.15, 0.2) is 59.1 Å². The lowest BCUT2D eigenvalue weighted by atomic mass is 10.2. The first-order valence-corrected chi connectivity index (χ1v) is 13.0. The van der Waals surface area contributed by atoms with Gasteiger partial charge in [-0.3, -0.25) is 9.36 Å². The van der Waals surface area contributed by atoms with Crippen LogP contribution in [0.2, 0.25) is 10.0 Å². The number of unbranched alkanes of at least 4 members (excludes halogenated alkanes) is 1. The number of halogens is 2. The highest BCUT2D eigenvalue weighted by Crippen LogP contribution is 2.35. The predicted octanol–water partition coefficient (Wildman–Crippen LogP) is 6.52. The fourth-order valence-electron chi connectivity index (χ4n) is 3.11. The molecule has 0 atom stereocenters. The van der Waals surface area contributed by atoms with Crippen molar-refractivity contribution in [1.82, 2.24) is 25.1 Å². The second kappa shape index (κ2) is 11.2. The van der Waals surface area contributed by atoms with Gasteiger partial charge in [0.15, 0.2) is 11.0 Å². The SMILES string of the molecule is CCCCNC(=O)c1csc(CSc2nnc(-c3ccccc3Cl)n2-c2ccccc2Cl)n1. The molecular weight excluding hydrogens is 497 g/mol. The van der Waals surface area contributed by atoms with Crippen LogP contribution in [0.4, 0.5) is 0 Å². The van der Waals surface area contributed by atoms with Gasteiger partial charge >= 0.3 is 0 Å². The third kappa shape index (κ3) is 5.58. The minimum Gasteiger partial charge on any atom is -0.351 e. The first kappa shape index (κ1) is 23.8. The van der Waals surface area contributed by atoms with Crippen molar-refractivity contribution in [1.29, 1.82) is 0 Å². The largest absolute Gasteiger partial charge is 0.351 e. The minimum absolute atomic E-state index is 0.142. The molecular formula is C23H21Cl2N5OS2. The van der Waals surface area contributed by atoms with E-state index in [-0.39, 0.29) is 5.91 Å². The van der Waals surface area contributed by atoms with Crippen molar-refractivity contribution < 1.29 is 4.79 Å². The van der Waals surface area contributed by atoms with E-state index in [1.54, 1.807) is 5.38 Å². The fraction of sp³-hybridized carbons (Fsp3) is 0.217. The van der Waals surface area contributed by atoms with Crippen molar-refractivity contribution >= 4 is 52.2 Å². The van der Waals surface area contributed by atoms with E-state index in [4.69, 9.17) is 23.2 Å². The monoisotopic (exact) mass is 517 g/mol. The lowest BCUT2D eigenvalue weighted by Crippen LogP contribution is -2.24. The van der Waals surface area contributed by atoms with Crippen molar-refractivity contribution in [2.24, 2.45) is 0 Å². The summed E-state index contributed by atoms with van der Waals surface area (Å²) in [4.78, 5) is 16.7. The van der Waals surface area contributed by atoms with Crippen LogP contribution >= 0.6 is 46.3 Å². The summed E-state index contributed by atoms with van der Waals surface area (Å²) in [5.41, 5.74) is 1.96. The van der Waals surface area contributed by atoms with Crippen LogP contribution in [0.3, 0.4) is 0 Å². The van der Waals surface area contributed by atoms with Crippen LogP contribution < -0.4 is 5.32 Å². The third-order valence-electron chi connectivity index (χ3n) is 4.77. The predicted molar refractivity (Wildman–Crippen MR) is 136 cm³/mol. The van der Waals surface area contributed by atoms with Crippen LogP contribution in [0.1, 0.15) is 35.3 Å². The Labute approximate surface area is 210 Å². The summed E-state index contributed by atoms with van der Waals surface area (Å²) in [7, 11) is 0. The maximum Gasteiger partial charge on any atom is 0.270 e. The zero-order chi connectivity index (χ0) is 23.2. The molecule has 0 aliphatic heterocycles. The summed E-state index contributed by atoms with van der Waals surface area (Å²) in [5.74, 6) is 1.00. The molecule has 4 rings (SSSR count). The van der Waals surface area contributed by atoms with Gasteiger partial charge in [0.2, 0.25) is 0 Å². The molecule has 0 bridgehead atoms. The number of carbonyl (C=O) groups excluding carboxylic acids is 1. The van der Waals surface area contributed by atoms with Crippen LogP contribution in [-0.2, 0) is 5.75 Å². The smallest absolute Gasteiger partial charge is 0.270 e. The molecule has 170 valence electrons. The summed E-state index contributed by atoms with van der Waals surface area (Å²) >= 11 is 15.9. The molecule has 0 fully saturated rings. The molecule has 6 nitrogen and oxygen atoms in total. The highest BCUT2D eigenvalue weighted by molar-refractivity contribution is 7.98. The quantitative estimate of drug-likeness (QED) is 0.202. The average Bonchev–Trinajstić information content (AvgIpc) is 3.46. The standard InChI is InChI=1S/C23H21Cl2N5OS2/c1-2-3-12-26-22(31)18-13-32-20(27-18)14-33-23-29-28-21(15-8-4-5-9-16(15)24)30(23)19-11-7-6-10-17(19)25/h4-11,13H,2-3,12,14H2,1H3,(H,26,31). The van der Waals surface area contributed by atoms with Gasteiger partial charge in [0, 0.05) is 17.5 Å². The number of thiazole rings is 1. The Balaban J connectivity index is 1.60. The molecule has 0 saturated carbocycles. The van der Waals surface area contributed by atoms with Gasteiger partial charge in [0.1, 0.15) is 10.7 Å². The summed E-state index contributed by atoms with van der Waals surface area (Å²) in [6.07, 6.45) is 1.98. The number of para-hydroxylation sites is 1. The summed E-state index contributed by atoms with van der Waals surface area (Å²) < 4.78 is 1.90. The van der Waals surface area contributed by atoms with Crippen molar-refractivity contribution in [2.45, 2.75) is 30.7 Å². The second-order valence-electron chi connectivity index (χ2n) is 7.10. The maximum atomic E-state index is 12.2. The fourth-order valence-corrected chi connectivity index (χ4v) is 5.29. The van der Waals surface area contributed by atoms with Gasteiger partial charge < -0.3 is 5.32 Å². The lowest BCUT2D eigenvalue weighted by molar-refractivity contribution is 0.0948. The van der Waals surface area contributed by atoms with Gasteiger partial charge in [-0.1, -0.05) is 72.6 Å². The van der Waals surface area contributed by atoms with E-state index >= 15 is 0 Å².